The summed E-state index contributed by atoms with van der Waals surface area (Å²) in [4.78, 5) is 23.1. The summed E-state index contributed by atoms with van der Waals surface area (Å²) in [7, 11) is -1.65. The Labute approximate surface area is 146 Å². The summed E-state index contributed by atoms with van der Waals surface area (Å²) in [5, 5.41) is 3.04. The summed E-state index contributed by atoms with van der Waals surface area (Å²) in [6.07, 6.45) is 0.642. The van der Waals surface area contributed by atoms with Crippen molar-refractivity contribution in [2.45, 2.75) is 17.4 Å². The van der Waals surface area contributed by atoms with Gasteiger partial charge in [-0.2, -0.15) is 0 Å². The molecule has 24 heavy (non-hydrogen) atoms. The molecule has 1 aliphatic heterocycles. The van der Waals surface area contributed by atoms with Gasteiger partial charge in [0.05, 0.1) is 30.2 Å². The van der Waals surface area contributed by atoms with Gasteiger partial charge < -0.3 is 14.8 Å². The highest BCUT2D eigenvalue weighted by atomic mass is 35.5. The van der Waals surface area contributed by atoms with Crippen LogP contribution in [0.4, 0.5) is 0 Å². The number of halogens is 1. The molecule has 0 bridgehead atoms. The molecule has 2 rings (SSSR count). The maximum absolute atomic E-state index is 12.6. The van der Waals surface area contributed by atoms with E-state index in [0.717, 1.165) is 13.2 Å². The van der Waals surface area contributed by atoms with Gasteiger partial charge in [0.25, 0.3) is 0 Å². The Balaban J connectivity index is 0.00000288. The van der Waals surface area contributed by atoms with Gasteiger partial charge in [-0.25, -0.2) is 22.7 Å². The maximum Gasteiger partial charge on any atom is 0.339 e. The lowest BCUT2D eigenvalue weighted by atomic mass is 10.1. The second-order valence-electron chi connectivity index (χ2n) is 5.01. The molecule has 1 heterocycles. The molecule has 0 saturated carbocycles. The lowest BCUT2D eigenvalue weighted by molar-refractivity contribution is 0.0583. The number of benzene rings is 1. The molecule has 1 fully saturated rings. The minimum Gasteiger partial charge on any atom is -0.465 e. The van der Waals surface area contributed by atoms with Crippen LogP contribution in [0.1, 0.15) is 27.1 Å². The van der Waals surface area contributed by atoms with Crippen LogP contribution in [0, 0.1) is 0 Å². The van der Waals surface area contributed by atoms with Crippen molar-refractivity contribution in [3.8, 4) is 0 Å². The average molecular weight is 379 g/mol. The van der Waals surface area contributed by atoms with Crippen LogP contribution in [-0.2, 0) is 19.5 Å². The molecule has 1 atom stereocenters. The van der Waals surface area contributed by atoms with Crippen molar-refractivity contribution in [1.29, 1.82) is 0 Å². The third kappa shape index (κ3) is 4.44. The van der Waals surface area contributed by atoms with Crippen LogP contribution in [0.15, 0.2) is 23.1 Å². The molecule has 0 aliphatic carbocycles. The van der Waals surface area contributed by atoms with Crippen molar-refractivity contribution in [3.63, 3.8) is 0 Å². The number of esters is 2. The van der Waals surface area contributed by atoms with Gasteiger partial charge in [-0.1, -0.05) is 0 Å². The standard InChI is InChI=1S/C14H18N2O6S.ClH/c1-21-13(17)9-3-4-11(14(18)22-2)12(7-9)23(19,20)16-10-5-6-15-8-10;/h3-4,7,10,15-16H,5-6,8H2,1-2H3;1H. The molecule has 0 amide bonds. The number of methoxy groups -OCH3 is 2. The van der Waals surface area contributed by atoms with Gasteiger partial charge in [0.2, 0.25) is 10.0 Å². The van der Waals surface area contributed by atoms with Crippen LogP contribution in [0.25, 0.3) is 0 Å². The second-order valence-corrected chi connectivity index (χ2v) is 6.69. The fourth-order valence-electron chi connectivity index (χ4n) is 2.31. The summed E-state index contributed by atoms with van der Waals surface area (Å²) in [6, 6.07) is 3.39. The number of rotatable bonds is 5. The Morgan fingerprint density at radius 3 is 2.42 bits per heavy atom. The molecule has 0 radical (unpaired) electrons. The van der Waals surface area contributed by atoms with Crippen LogP contribution >= 0.6 is 12.4 Å². The molecule has 0 spiro atoms. The van der Waals surface area contributed by atoms with E-state index in [9.17, 15) is 18.0 Å². The number of hydrogen-bond donors (Lipinski definition) is 2. The first-order valence-electron chi connectivity index (χ1n) is 6.92. The van der Waals surface area contributed by atoms with Crippen molar-refractivity contribution in [1.82, 2.24) is 10.0 Å². The Morgan fingerprint density at radius 1 is 1.21 bits per heavy atom. The summed E-state index contributed by atoms with van der Waals surface area (Å²) in [5.41, 5.74) is -0.108. The lowest BCUT2D eigenvalue weighted by Crippen LogP contribution is -2.37. The number of nitrogens with one attached hydrogen (secondary N) is 2. The van der Waals surface area contributed by atoms with E-state index < -0.39 is 22.0 Å². The molecule has 1 unspecified atom stereocenters. The van der Waals surface area contributed by atoms with E-state index in [4.69, 9.17) is 0 Å². The van der Waals surface area contributed by atoms with Gasteiger partial charge in [-0.3, -0.25) is 0 Å². The highest BCUT2D eigenvalue weighted by molar-refractivity contribution is 7.89. The topological polar surface area (TPSA) is 111 Å². The van der Waals surface area contributed by atoms with Gasteiger partial charge in [0, 0.05) is 12.6 Å². The van der Waals surface area contributed by atoms with E-state index >= 15 is 0 Å². The van der Waals surface area contributed by atoms with E-state index in [1.54, 1.807) is 0 Å². The lowest BCUT2D eigenvalue weighted by Gasteiger charge is -2.15. The van der Waals surface area contributed by atoms with Crippen LogP contribution in [-0.4, -0.2) is 53.7 Å². The molecule has 2 N–H and O–H groups in total. The highest BCUT2D eigenvalue weighted by Crippen LogP contribution is 2.20. The predicted octanol–water partition coefficient (Wildman–Crippen LogP) is 0.322. The summed E-state index contributed by atoms with van der Waals surface area (Å²) >= 11 is 0. The molecule has 10 heteroatoms. The Hall–Kier alpha value is -1.68. The molecule has 0 aromatic heterocycles. The summed E-state index contributed by atoms with van der Waals surface area (Å²) < 4.78 is 36.9. The van der Waals surface area contributed by atoms with Gasteiger partial charge >= 0.3 is 11.9 Å². The fraction of sp³-hybridized carbons (Fsp3) is 0.429. The molecular formula is C14H19ClN2O6S. The SMILES string of the molecule is COC(=O)c1ccc(C(=O)OC)c(S(=O)(=O)NC2CCNC2)c1.Cl. The Bertz CT molecular complexity index is 716. The molecule has 1 aromatic rings. The predicted molar refractivity (Wildman–Crippen MR) is 88.0 cm³/mol. The van der Waals surface area contributed by atoms with Crippen molar-refractivity contribution in [2.75, 3.05) is 27.3 Å². The molecule has 1 saturated heterocycles. The van der Waals surface area contributed by atoms with Crippen LogP contribution in [0.5, 0.6) is 0 Å². The van der Waals surface area contributed by atoms with Crippen molar-refractivity contribution < 1.29 is 27.5 Å². The number of sulfonamides is 1. The van der Waals surface area contributed by atoms with Crippen LogP contribution < -0.4 is 10.0 Å². The minimum atomic E-state index is -3.99. The zero-order chi connectivity index (χ0) is 17.0. The van der Waals surface area contributed by atoms with E-state index in [1.807, 2.05) is 0 Å². The summed E-state index contributed by atoms with van der Waals surface area (Å²) in [5.74, 6) is -1.49. The van der Waals surface area contributed by atoms with Crippen LogP contribution in [0.3, 0.4) is 0 Å². The highest BCUT2D eigenvalue weighted by Gasteiger charge is 2.28. The third-order valence-electron chi connectivity index (χ3n) is 3.48. The quantitative estimate of drug-likeness (QED) is 0.710. The first-order valence-corrected chi connectivity index (χ1v) is 8.41. The molecule has 8 nitrogen and oxygen atoms in total. The Kier molecular flexibility index (Phi) is 7.15. The fourth-order valence-corrected chi connectivity index (χ4v) is 3.80. The summed E-state index contributed by atoms with van der Waals surface area (Å²) in [6.45, 7) is 1.21. The zero-order valence-corrected chi connectivity index (χ0v) is 14.8. The zero-order valence-electron chi connectivity index (χ0n) is 13.2. The van der Waals surface area contributed by atoms with E-state index in [2.05, 4.69) is 19.5 Å². The van der Waals surface area contributed by atoms with Crippen LogP contribution in [0.2, 0.25) is 0 Å². The number of carbonyl (C=O) groups excluding carboxylic acids is 2. The first kappa shape index (κ1) is 20.4. The smallest absolute Gasteiger partial charge is 0.339 e. The largest absolute Gasteiger partial charge is 0.465 e. The van der Waals surface area contributed by atoms with Gasteiger partial charge in [-0.15, -0.1) is 12.4 Å². The molecule has 134 valence electrons. The van der Waals surface area contributed by atoms with Gasteiger partial charge in [-0.05, 0) is 31.2 Å². The monoisotopic (exact) mass is 378 g/mol. The number of carbonyl (C=O) groups is 2. The first-order chi connectivity index (χ1) is 10.9. The minimum absolute atomic E-state index is 0. The average Bonchev–Trinajstić information content (AvgIpc) is 3.04. The van der Waals surface area contributed by atoms with Gasteiger partial charge in [0.1, 0.15) is 0 Å². The maximum atomic E-state index is 12.6. The molecular weight excluding hydrogens is 360 g/mol. The normalized spacial score (nSPS) is 17.0. The number of hydrogen-bond acceptors (Lipinski definition) is 7. The number of ether oxygens (including phenoxy) is 2. The van der Waals surface area contributed by atoms with E-state index in [1.165, 1.54) is 19.2 Å². The second kappa shape index (κ2) is 8.43. The van der Waals surface area contributed by atoms with Crippen molar-refractivity contribution in [2.24, 2.45) is 0 Å². The third-order valence-corrected chi connectivity index (χ3v) is 5.04. The van der Waals surface area contributed by atoms with E-state index in [0.29, 0.717) is 19.5 Å². The van der Waals surface area contributed by atoms with Crippen molar-refractivity contribution >= 4 is 34.4 Å². The molecule has 1 aliphatic rings. The molecule has 1 aromatic carbocycles. The van der Waals surface area contributed by atoms with Crippen molar-refractivity contribution in [3.05, 3.63) is 29.3 Å². The van der Waals surface area contributed by atoms with E-state index in [-0.39, 0.29) is 34.5 Å². The van der Waals surface area contributed by atoms with Gasteiger partial charge in [0.15, 0.2) is 0 Å². The Morgan fingerprint density at radius 2 is 1.88 bits per heavy atom.